The Balaban J connectivity index is 1.34. The van der Waals surface area contributed by atoms with Gasteiger partial charge in [0.1, 0.15) is 29.8 Å². The van der Waals surface area contributed by atoms with Crippen LogP contribution in [0.3, 0.4) is 0 Å². The van der Waals surface area contributed by atoms with E-state index in [0.29, 0.717) is 16.5 Å². The zero-order valence-corrected chi connectivity index (χ0v) is 17.7. The highest BCUT2D eigenvalue weighted by Gasteiger charge is 2.42. The first-order valence-corrected chi connectivity index (χ1v) is 10.7. The Morgan fingerprint density at radius 3 is 2.63 bits per heavy atom. The summed E-state index contributed by atoms with van der Waals surface area (Å²) in [6, 6.07) is 14.8. The molecule has 4 atom stereocenters. The fraction of sp³-hybridized carbons (Fsp3) is 0.435. The third-order valence-electron chi connectivity index (χ3n) is 5.76. The van der Waals surface area contributed by atoms with E-state index in [0.717, 1.165) is 38.1 Å². The van der Waals surface area contributed by atoms with Crippen molar-refractivity contribution in [3.63, 3.8) is 0 Å². The molecule has 2 aromatic rings. The molecule has 160 valence electrons. The Morgan fingerprint density at radius 1 is 1.10 bits per heavy atom. The molecule has 1 unspecified atom stereocenters. The number of amides is 1. The number of aliphatic hydroxyl groups is 1. The Labute approximate surface area is 181 Å². The number of carbonyl (C=O) groups is 1. The molecule has 6 nitrogen and oxygen atoms in total. The number of halogens is 1. The summed E-state index contributed by atoms with van der Waals surface area (Å²) in [5.74, 6) is 1.25. The largest absolute Gasteiger partial charge is 0.489 e. The van der Waals surface area contributed by atoms with Crippen LogP contribution in [0.5, 0.6) is 11.5 Å². The van der Waals surface area contributed by atoms with Crippen LogP contribution in [0.15, 0.2) is 48.5 Å². The van der Waals surface area contributed by atoms with Gasteiger partial charge >= 0.3 is 0 Å². The molecule has 2 N–H and O–H groups in total. The van der Waals surface area contributed by atoms with Crippen molar-refractivity contribution in [2.75, 3.05) is 18.4 Å². The molecule has 0 spiro atoms. The van der Waals surface area contributed by atoms with Crippen LogP contribution in [0, 0.1) is 0 Å². The minimum Gasteiger partial charge on any atom is -0.489 e. The second kappa shape index (κ2) is 9.25. The van der Waals surface area contributed by atoms with Gasteiger partial charge in [-0.05, 0) is 55.7 Å². The lowest BCUT2D eigenvalue weighted by Gasteiger charge is -2.28. The number of benzene rings is 2. The van der Waals surface area contributed by atoms with Crippen molar-refractivity contribution >= 4 is 23.2 Å². The van der Waals surface area contributed by atoms with Crippen LogP contribution in [-0.4, -0.2) is 53.4 Å². The predicted molar refractivity (Wildman–Crippen MR) is 116 cm³/mol. The number of likely N-dealkylation sites (tertiary alicyclic amines) is 1. The highest BCUT2D eigenvalue weighted by Crippen LogP contribution is 2.34. The van der Waals surface area contributed by atoms with Crippen LogP contribution in [0.25, 0.3) is 0 Å². The molecule has 7 heteroatoms. The van der Waals surface area contributed by atoms with Crippen molar-refractivity contribution < 1.29 is 19.4 Å². The van der Waals surface area contributed by atoms with E-state index in [1.165, 1.54) is 6.92 Å². The number of nitrogens with zero attached hydrogens (tertiary/aromatic N) is 1. The van der Waals surface area contributed by atoms with Gasteiger partial charge in [-0.25, -0.2) is 0 Å². The highest BCUT2D eigenvalue weighted by atomic mass is 35.5. The monoisotopic (exact) mass is 430 g/mol. The topological polar surface area (TPSA) is 71.0 Å². The molecule has 0 aromatic heterocycles. The SMILES string of the molecule is CC(=O)Nc1ccccc1O[C@H]1CC[C@H](N2CCC(Oc3ccc(Cl)cc3)C2)[C@@H]1O. The number of hydrogen-bond donors (Lipinski definition) is 2. The number of hydrogen-bond acceptors (Lipinski definition) is 5. The van der Waals surface area contributed by atoms with Gasteiger partial charge in [-0.3, -0.25) is 9.69 Å². The van der Waals surface area contributed by atoms with Crippen LogP contribution in [0.1, 0.15) is 26.2 Å². The van der Waals surface area contributed by atoms with Crippen LogP contribution >= 0.6 is 11.6 Å². The molecule has 0 radical (unpaired) electrons. The van der Waals surface area contributed by atoms with Crippen LogP contribution < -0.4 is 14.8 Å². The maximum absolute atomic E-state index is 11.4. The molecular formula is C23H27ClN2O4. The number of aliphatic hydroxyl groups excluding tert-OH is 1. The molecule has 1 saturated heterocycles. The minimum atomic E-state index is -0.593. The van der Waals surface area contributed by atoms with Gasteiger partial charge in [-0.15, -0.1) is 0 Å². The third-order valence-corrected chi connectivity index (χ3v) is 6.01. The van der Waals surface area contributed by atoms with E-state index in [-0.39, 0.29) is 24.2 Å². The first kappa shape index (κ1) is 21.0. The van der Waals surface area contributed by atoms with E-state index in [9.17, 15) is 9.90 Å². The van der Waals surface area contributed by atoms with E-state index < -0.39 is 6.10 Å². The molecule has 1 amide bonds. The Hall–Kier alpha value is -2.28. The summed E-state index contributed by atoms with van der Waals surface area (Å²) in [4.78, 5) is 13.7. The summed E-state index contributed by atoms with van der Waals surface area (Å²) in [5, 5.41) is 14.4. The fourth-order valence-electron chi connectivity index (χ4n) is 4.33. The molecule has 1 heterocycles. The predicted octanol–water partition coefficient (Wildman–Crippen LogP) is 3.72. The summed E-state index contributed by atoms with van der Waals surface area (Å²) in [6.45, 7) is 3.13. The molecule has 1 aliphatic carbocycles. The number of carbonyl (C=O) groups excluding carboxylic acids is 1. The van der Waals surface area contributed by atoms with Crippen LogP contribution in [0.2, 0.25) is 5.02 Å². The molecular weight excluding hydrogens is 404 g/mol. The van der Waals surface area contributed by atoms with Gasteiger partial charge in [0.25, 0.3) is 0 Å². The van der Waals surface area contributed by atoms with Crippen molar-refractivity contribution in [2.24, 2.45) is 0 Å². The molecule has 4 rings (SSSR count). The lowest BCUT2D eigenvalue weighted by Crippen LogP contribution is -2.44. The number of para-hydroxylation sites is 2. The van der Waals surface area contributed by atoms with Gasteiger partial charge in [-0.1, -0.05) is 23.7 Å². The number of anilines is 1. The minimum absolute atomic E-state index is 0.0433. The average molecular weight is 431 g/mol. The normalized spacial score (nSPS) is 26.5. The lowest BCUT2D eigenvalue weighted by molar-refractivity contribution is -0.114. The summed E-state index contributed by atoms with van der Waals surface area (Å²) in [5.41, 5.74) is 0.623. The highest BCUT2D eigenvalue weighted by molar-refractivity contribution is 6.30. The van der Waals surface area contributed by atoms with Gasteiger partial charge < -0.3 is 19.9 Å². The zero-order chi connectivity index (χ0) is 21.1. The van der Waals surface area contributed by atoms with Gasteiger partial charge in [0.05, 0.1) is 5.69 Å². The maximum atomic E-state index is 11.4. The fourth-order valence-corrected chi connectivity index (χ4v) is 4.46. The van der Waals surface area contributed by atoms with Gasteiger partial charge in [0.2, 0.25) is 5.91 Å². The first-order valence-electron chi connectivity index (χ1n) is 10.4. The van der Waals surface area contributed by atoms with Crippen molar-refractivity contribution in [1.82, 2.24) is 4.90 Å². The molecule has 0 bridgehead atoms. The Morgan fingerprint density at radius 2 is 1.87 bits per heavy atom. The standard InChI is InChI=1S/C23H27ClN2O4/c1-15(27)25-19-4-2-3-5-21(19)30-22-11-10-20(23(22)28)26-13-12-18(14-26)29-17-8-6-16(24)7-9-17/h2-9,18,20,22-23,28H,10-14H2,1H3,(H,25,27)/t18?,20-,22-,23-/m0/s1. The lowest BCUT2D eigenvalue weighted by atomic mass is 10.1. The molecule has 2 aromatic carbocycles. The van der Waals surface area contributed by atoms with E-state index >= 15 is 0 Å². The number of ether oxygens (including phenoxy) is 2. The molecule has 1 aliphatic heterocycles. The molecule has 30 heavy (non-hydrogen) atoms. The van der Waals surface area contributed by atoms with Crippen molar-refractivity contribution in [3.8, 4) is 11.5 Å². The van der Waals surface area contributed by atoms with E-state index in [2.05, 4.69) is 10.2 Å². The van der Waals surface area contributed by atoms with Crippen LogP contribution in [0.4, 0.5) is 5.69 Å². The van der Waals surface area contributed by atoms with E-state index in [1.54, 1.807) is 6.07 Å². The van der Waals surface area contributed by atoms with Crippen molar-refractivity contribution in [1.29, 1.82) is 0 Å². The van der Waals surface area contributed by atoms with Gasteiger partial charge in [-0.2, -0.15) is 0 Å². The van der Waals surface area contributed by atoms with Gasteiger partial charge in [0.15, 0.2) is 0 Å². The van der Waals surface area contributed by atoms with E-state index in [1.807, 2.05) is 42.5 Å². The van der Waals surface area contributed by atoms with Crippen LogP contribution in [-0.2, 0) is 4.79 Å². The Bertz CT molecular complexity index is 876. The molecule has 1 saturated carbocycles. The Kier molecular flexibility index (Phi) is 6.46. The van der Waals surface area contributed by atoms with Gasteiger partial charge in [0, 0.05) is 31.1 Å². The summed E-state index contributed by atoms with van der Waals surface area (Å²) < 4.78 is 12.2. The summed E-state index contributed by atoms with van der Waals surface area (Å²) >= 11 is 5.94. The van der Waals surface area contributed by atoms with E-state index in [4.69, 9.17) is 21.1 Å². The second-order valence-electron chi connectivity index (χ2n) is 7.95. The smallest absolute Gasteiger partial charge is 0.221 e. The molecule has 2 fully saturated rings. The number of nitrogens with one attached hydrogen (secondary N) is 1. The summed E-state index contributed by atoms with van der Waals surface area (Å²) in [7, 11) is 0. The quantitative estimate of drug-likeness (QED) is 0.730. The number of rotatable bonds is 6. The van der Waals surface area contributed by atoms with Crippen molar-refractivity contribution in [3.05, 3.63) is 53.6 Å². The summed E-state index contributed by atoms with van der Waals surface area (Å²) in [6.07, 6.45) is 1.74. The second-order valence-corrected chi connectivity index (χ2v) is 8.38. The zero-order valence-electron chi connectivity index (χ0n) is 17.0. The van der Waals surface area contributed by atoms with Crippen molar-refractivity contribution in [2.45, 2.75) is 50.5 Å². The maximum Gasteiger partial charge on any atom is 0.221 e. The third kappa shape index (κ3) is 4.89. The first-order chi connectivity index (χ1) is 14.5. The average Bonchev–Trinajstić information content (AvgIpc) is 3.32. The molecule has 2 aliphatic rings.